The van der Waals surface area contributed by atoms with Crippen LogP contribution in [0.2, 0.25) is 5.02 Å². The molecule has 0 radical (unpaired) electrons. The molecule has 2 heterocycles. The first-order valence-electron chi connectivity index (χ1n) is 7.22. The summed E-state index contributed by atoms with van der Waals surface area (Å²) in [6.45, 7) is -0.420. The van der Waals surface area contributed by atoms with Gasteiger partial charge in [0.25, 0.3) is 5.91 Å². The number of aromatic nitrogens is 2. The summed E-state index contributed by atoms with van der Waals surface area (Å²) in [5.41, 5.74) is 1.59. The van der Waals surface area contributed by atoms with Gasteiger partial charge in [-0.2, -0.15) is 0 Å². The molecule has 2 aromatic heterocycles. The van der Waals surface area contributed by atoms with Crippen LogP contribution in [-0.2, 0) is 9.53 Å². The van der Waals surface area contributed by atoms with Crippen LogP contribution in [0.4, 0.5) is 5.13 Å². The Hall–Kier alpha value is -2.77. The Balaban J connectivity index is 1.57. The molecule has 0 aliphatic rings. The quantitative estimate of drug-likeness (QED) is 0.690. The van der Waals surface area contributed by atoms with Gasteiger partial charge in [-0.05, 0) is 18.2 Å². The monoisotopic (exact) mass is 373 g/mol. The predicted molar refractivity (Wildman–Crippen MR) is 95.7 cm³/mol. The van der Waals surface area contributed by atoms with E-state index in [1.165, 1.54) is 23.6 Å². The van der Waals surface area contributed by atoms with Gasteiger partial charge in [-0.25, -0.2) is 14.8 Å². The maximum atomic E-state index is 11.9. The maximum Gasteiger partial charge on any atom is 0.357 e. The molecule has 0 saturated carbocycles. The Kier molecular flexibility index (Phi) is 5.37. The van der Waals surface area contributed by atoms with Gasteiger partial charge in [0.2, 0.25) is 0 Å². The van der Waals surface area contributed by atoms with Crippen molar-refractivity contribution in [3.05, 3.63) is 64.8 Å². The topological polar surface area (TPSA) is 81.2 Å². The Morgan fingerprint density at radius 3 is 2.72 bits per heavy atom. The Labute approximate surface area is 152 Å². The molecule has 0 spiro atoms. The summed E-state index contributed by atoms with van der Waals surface area (Å²) in [6.07, 6.45) is 1.47. The van der Waals surface area contributed by atoms with Crippen LogP contribution in [0.15, 0.2) is 54.0 Å². The normalized spacial score (nSPS) is 10.3. The minimum atomic E-state index is -0.661. The van der Waals surface area contributed by atoms with E-state index in [1.54, 1.807) is 23.6 Å². The fourth-order valence-corrected chi connectivity index (χ4v) is 2.93. The number of hydrogen-bond acceptors (Lipinski definition) is 6. The van der Waals surface area contributed by atoms with Gasteiger partial charge in [-0.3, -0.25) is 10.1 Å². The van der Waals surface area contributed by atoms with Crippen LogP contribution in [0.1, 0.15) is 10.5 Å². The molecule has 0 aliphatic heterocycles. The number of halogens is 1. The highest BCUT2D eigenvalue weighted by atomic mass is 35.5. The zero-order valence-corrected chi connectivity index (χ0v) is 14.4. The van der Waals surface area contributed by atoms with Crippen molar-refractivity contribution in [2.24, 2.45) is 0 Å². The molecule has 0 unspecified atom stereocenters. The van der Waals surface area contributed by atoms with Gasteiger partial charge in [0.05, 0.1) is 5.69 Å². The van der Waals surface area contributed by atoms with E-state index in [2.05, 4.69) is 15.3 Å². The molecular formula is C17H12ClN3O3S. The third-order valence-corrected chi connectivity index (χ3v) is 4.20. The van der Waals surface area contributed by atoms with E-state index in [9.17, 15) is 9.59 Å². The second-order valence-corrected chi connectivity index (χ2v) is 6.12. The SMILES string of the molecule is O=C(COC(=O)c1ccccn1)Nc1nc(-c2ccccc2Cl)cs1. The van der Waals surface area contributed by atoms with Crippen molar-refractivity contribution in [2.75, 3.05) is 11.9 Å². The number of amides is 1. The first-order chi connectivity index (χ1) is 12.1. The largest absolute Gasteiger partial charge is 0.451 e. The second-order valence-electron chi connectivity index (χ2n) is 4.86. The Morgan fingerprint density at radius 2 is 1.96 bits per heavy atom. The van der Waals surface area contributed by atoms with Gasteiger partial charge in [-0.1, -0.05) is 35.9 Å². The van der Waals surface area contributed by atoms with Gasteiger partial charge in [0.1, 0.15) is 5.69 Å². The van der Waals surface area contributed by atoms with E-state index >= 15 is 0 Å². The fourth-order valence-electron chi connectivity index (χ4n) is 1.97. The molecule has 6 nitrogen and oxygen atoms in total. The van der Waals surface area contributed by atoms with Crippen molar-refractivity contribution in [3.8, 4) is 11.3 Å². The van der Waals surface area contributed by atoms with Crippen molar-refractivity contribution in [1.29, 1.82) is 0 Å². The van der Waals surface area contributed by atoms with E-state index in [4.69, 9.17) is 16.3 Å². The number of benzene rings is 1. The third kappa shape index (κ3) is 4.40. The number of thiazole rings is 1. The maximum absolute atomic E-state index is 11.9. The third-order valence-electron chi connectivity index (χ3n) is 3.11. The van der Waals surface area contributed by atoms with Crippen molar-refractivity contribution in [3.63, 3.8) is 0 Å². The summed E-state index contributed by atoms with van der Waals surface area (Å²) >= 11 is 7.39. The second kappa shape index (κ2) is 7.87. The lowest BCUT2D eigenvalue weighted by Crippen LogP contribution is -2.21. The first-order valence-corrected chi connectivity index (χ1v) is 8.47. The summed E-state index contributed by atoms with van der Waals surface area (Å²) in [5.74, 6) is -1.14. The van der Waals surface area contributed by atoms with E-state index in [-0.39, 0.29) is 5.69 Å². The lowest BCUT2D eigenvalue weighted by molar-refractivity contribution is -0.119. The minimum Gasteiger partial charge on any atom is -0.451 e. The standard InChI is InChI=1S/C17H12ClN3O3S/c18-12-6-2-1-5-11(12)14-10-25-17(20-14)21-15(22)9-24-16(23)13-7-3-4-8-19-13/h1-8,10H,9H2,(H,20,21,22). The molecule has 0 bridgehead atoms. The lowest BCUT2D eigenvalue weighted by Gasteiger charge is -2.04. The summed E-state index contributed by atoms with van der Waals surface area (Å²) in [4.78, 5) is 31.8. The van der Waals surface area contributed by atoms with Gasteiger partial charge >= 0.3 is 5.97 Å². The number of carbonyl (C=O) groups excluding carboxylic acids is 2. The molecule has 1 N–H and O–H groups in total. The van der Waals surface area contributed by atoms with Crippen LogP contribution >= 0.6 is 22.9 Å². The highest BCUT2D eigenvalue weighted by Crippen LogP contribution is 2.30. The average molecular weight is 374 g/mol. The van der Waals surface area contributed by atoms with Gasteiger partial charge in [0.15, 0.2) is 11.7 Å². The van der Waals surface area contributed by atoms with E-state index in [0.717, 1.165) is 5.56 Å². The number of hydrogen-bond donors (Lipinski definition) is 1. The van der Waals surface area contributed by atoms with Gasteiger partial charge in [0, 0.05) is 22.2 Å². The van der Waals surface area contributed by atoms with Crippen LogP contribution in [-0.4, -0.2) is 28.5 Å². The fraction of sp³-hybridized carbons (Fsp3) is 0.0588. The molecule has 0 aliphatic carbocycles. The summed E-state index contributed by atoms with van der Waals surface area (Å²) < 4.78 is 4.91. The van der Waals surface area contributed by atoms with E-state index < -0.39 is 18.5 Å². The lowest BCUT2D eigenvalue weighted by atomic mass is 10.2. The predicted octanol–water partition coefficient (Wildman–Crippen LogP) is 3.65. The van der Waals surface area contributed by atoms with Crippen LogP contribution in [0.5, 0.6) is 0 Å². The molecule has 1 amide bonds. The molecule has 1 aromatic carbocycles. The molecular weight excluding hydrogens is 362 g/mol. The molecule has 8 heteroatoms. The van der Waals surface area contributed by atoms with Crippen LogP contribution in [0.25, 0.3) is 11.3 Å². The van der Waals surface area contributed by atoms with Crippen LogP contribution < -0.4 is 5.32 Å². The molecule has 0 saturated heterocycles. The summed E-state index contributed by atoms with van der Waals surface area (Å²) in [5, 5.41) is 5.35. The zero-order chi connectivity index (χ0) is 17.6. The highest BCUT2D eigenvalue weighted by Gasteiger charge is 2.13. The first kappa shape index (κ1) is 17.1. The molecule has 3 rings (SSSR count). The molecule has 0 fully saturated rings. The Morgan fingerprint density at radius 1 is 1.16 bits per heavy atom. The van der Waals surface area contributed by atoms with Crippen LogP contribution in [0, 0.1) is 0 Å². The number of anilines is 1. The number of nitrogens with one attached hydrogen (secondary N) is 1. The number of carbonyl (C=O) groups is 2. The zero-order valence-electron chi connectivity index (χ0n) is 12.8. The Bertz CT molecular complexity index is 899. The highest BCUT2D eigenvalue weighted by molar-refractivity contribution is 7.14. The van der Waals surface area contributed by atoms with Gasteiger partial charge < -0.3 is 4.74 Å². The van der Waals surface area contributed by atoms with Crippen molar-refractivity contribution < 1.29 is 14.3 Å². The van der Waals surface area contributed by atoms with E-state index in [1.807, 2.05) is 18.2 Å². The van der Waals surface area contributed by atoms with Gasteiger partial charge in [-0.15, -0.1) is 11.3 Å². The number of pyridine rings is 1. The minimum absolute atomic E-state index is 0.144. The molecule has 3 aromatic rings. The van der Waals surface area contributed by atoms with Crippen LogP contribution in [0.3, 0.4) is 0 Å². The van der Waals surface area contributed by atoms with Crippen molar-refractivity contribution >= 4 is 39.9 Å². The van der Waals surface area contributed by atoms with Crippen molar-refractivity contribution in [1.82, 2.24) is 9.97 Å². The number of esters is 1. The van der Waals surface area contributed by atoms with E-state index in [0.29, 0.717) is 15.8 Å². The molecule has 126 valence electrons. The molecule has 25 heavy (non-hydrogen) atoms. The average Bonchev–Trinajstić information content (AvgIpc) is 3.09. The summed E-state index contributed by atoms with van der Waals surface area (Å²) in [6, 6.07) is 12.2. The summed E-state index contributed by atoms with van der Waals surface area (Å²) in [7, 11) is 0. The number of ether oxygens (including phenoxy) is 1. The van der Waals surface area contributed by atoms with Crippen molar-refractivity contribution in [2.45, 2.75) is 0 Å². The smallest absolute Gasteiger partial charge is 0.357 e. The number of nitrogens with zero attached hydrogens (tertiary/aromatic N) is 2. The number of rotatable bonds is 5. The molecule has 0 atom stereocenters.